The fourth-order valence-corrected chi connectivity index (χ4v) is 3.04. The second kappa shape index (κ2) is 7.36. The quantitative estimate of drug-likeness (QED) is 0.793. The molecule has 1 aliphatic rings. The van der Waals surface area contributed by atoms with Crippen molar-refractivity contribution >= 4 is 52.3 Å². The maximum Gasteiger partial charge on any atom is 0.262 e. The monoisotopic (exact) mass is 371 g/mol. The molecule has 1 aromatic rings. The standard InChI is InChI=1S/C13H14Cl4N2O2/c14-10-4-2-1-3-9(10)11(20)18-12(13(15,16)17)19-5-7-21-8-6-19/h1-4,12H,5-8H2,(H,18,20)/p+1. The zero-order valence-corrected chi connectivity index (χ0v) is 14.1. The Kier molecular flexibility index (Phi) is 6.00. The smallest absolute Gasteiger partial charge is 0.262 e. The number of hydrogen-bond donors (Lipinski definition) is 2. The number of nitrogens with one attached hydrogen (secondary N) is 2. The fourth-order valence-electron chi connectivity index (χ4n) is 2.19. The maximum absolute atomic E-state index is 12.3. The van der Waals surface area contributed by atoms with E-state index in [1.165, 1.54) is 0 Å². The van der Waals surface area contributed by atoms with Crippen LogP contribution in [0.2, 0.25) is 5.02 Å². The molecule has 1 atom stereocenters. The number of quaternary nitrogens is 1. The lowest BCUT2D eigenvalue weighted by molar-refractivity contribution is -0.934. The van der Waals surface area contributed by atoms with Gasteiger partial charge in [-0.25, -0.2) is 0 Å². The number of rotatable bonds is 3. The first-order chi connectivity index (χ1) is 9.89. The molecule has 1 aromatic carbocycles. The lowest BCUT2D eigenvalue weighted by Crippen LogP contribution is -3.21. The summed E-state index contributed by atoms with van der Waals surface area (Å²) in [6.45, 7) is 2.44. The average molecular weight is 373 g/mol. The van der Waals surface area contributed by atoms with E-state index in [1.54, 1.807) is 24.3 Å². The molecule has 0 spiro atoms. The summed E-state index contributed by atoms with van der Waals surface area (Å²) in [4.78, 5) is 13.3. The maximum atomic E-state index is 12.3. The highest BCUT2D eigenvalue weighted by Gasteiger charge is 2.43. The van der Waals surface area contributed by atoms with Crippen LogP contribution >= 0.6 is 46.4 Å². The van der Waals surface area contributed by atoms with E-state index in [-0.39, 0.29) is 5.91 Å². The summed E-state index contributed by atoms with van der Waals surface area (Å²) in [6.07, 6.45) is -0.671. The van der Waals surface area contributed by atoms with Crippen molar-refractivity contribution in [1.82, 2.24) is 5.32 Å². The van der Waals surface area contributed by atoms with Gasteiger partial charge in [-0.2, -0.15) is 0 Å². The zero-order chi connectivity index (χ0) is 15.5. The molecule has 0 aliphatic carbocycles. The number of carbonyl (C=O) groups is 1. The number of amides is 1. The lowest BCUT2D eigenvalue weighted by atomic mass is 10.2. The predicted molar refractivity (Wildman–Crippen MR) is 84.5 cm³/mol. The van der Waals surface area contributed by atoms with Gasteiger partial charge in [0.25, 0.3) is 9.70 Å². The molecule has 1 aliphatic heterocycles. The average Bonchev–Trinajstić information content (AvgIpc) is 2.44. The Morgan fingerprint density at radius 3 is 2.43 bits per heavy atom. The summed E-state index contributed by atoms with van der Waals surface area (Å²) in [5.74, 6) is -0.365. The molecule has 0 bridgehead atoms. The van der Waals surface area contributed by atoms with Crippen LogP contribution in [0.15, 0.2) is 24.3 Å². The summed E-state index contributed by atoms with van der Waals surface area (Å²) < 4.78 is 3.67. The Bertz CT molecular complexity index is 501. The zero-order valence-electron chi connectivity index (χ0n) is 11.0. The van der Waals surface area contributed by atoms with E-state index in [0.717, 1.165) is 4.90 Å². The molecule has 4 nitrogen and oxygen atoms in total. The Labute approximate surface area is 143 Å². The Hall–Kier alpha value is -0.230. The number of morpholine rings is 1. The molecule has 1 amide bonds. The first-order valence-corrected chi connectivity index (χ1v) is 7.95. The van der Waals surface area contributed by atoms with Gasteiger partial charge in [-0.05, 0) is 12.1 Å². The van der Waals surface area contributed by atoms with Gasteiger partial charge in [0.05, 0.1) is 23.8 Å². The van der Waals surface area contributed by atoms with Gasteiger partial charge in [0.1, 0.15) is 13.1 Å². The van der Waals surface area contributed by atoms with E-state index in [1.807, 2.05) is 0 Å². The van der Waals surface area contributed by atoms with Crippen LogP contribution in [0.25, 0.3) is 0 Å². The van der Waals surface area contributed by atoms with Crippen LogP contribution in [0, 0.1) is 0 Å². The largest absolute Gasteiger partial charge is 0.370 e. The van der Waals surface area contributed by atoms with Crippen molar-refractivity contribution in [2.75, 3.05) is 26.3 Å². The van der Waals surface area contributed by atoms with E-state index < -0.39 is 9.96 Å². The summed E-state index contributed by atoms with van der Waals surface area (Å²) >= 11 is 24.1. The minimum atomic E-state index is -1.62. The topological polar surface area (TPSA) is 42.8 Å². The number of hydrogen-bond acceptors (Lipinski definition) is 2. The third-order valence-corrected chi connectivity index (χ3v) is 4.25. The van der Waals surface area contributed by atoms with Gasteiger partial charge in [-0.3, -0.25) is 10.1 Å². The minimum absolute atomic E-state index is 0.353. The van der Waals surface area contributed by atoms with Crippen LogP contribution in [0.5, 0.6) is 0 Å². The normalized spacial score (nSPS) is 18.3. The van der Waals surface area contributed by atoms with Gasteiger partial charge in [-0.15, -0.1) is 0 Å². The second-order valence-electron chi connectivity index (χ2n) is 4.70. The molecule has 116 valence electrons. The molecule has 8 heteroatoms. The van der Waals surface area contributed by atoms with Crippen molar-refractivity contribution in [2.24, 2.45) is 0 Å². The molecule has 21 heavy (non-hydrogen) atoms. The van der Waals surface area contributed by atoms with E-state index in [0.29, 0.717) is 36.9 Å². The second-order valence-corrected chi connectivity index (χ2v) is 7.47. The SMILES string of the molecule is O=C(NC([NH+]1CCOCC1)C(Cl)(Cl)Cl)c1ccccc1Cl. The number of ether oxygens (including phenoxy) is 1. The van der Waals surface area contributed by atoms with Gasteiger partial charge in [0.2, 0.25) is 6.17 Å². The third kappa shape index (κ3) is 4.62. The lowest BCUT2D eigenvalue weighted by Gasteiger charge is -2.35. The molecule has 1 heterocycles. The molecule has 0 radical (unpaired) electrons. The van der Waals surface area contributed by atoms with Gasteiger partial charge in [0.15, 0.2) is 0 Å². The number of carbonyl (C=O) groups excluding carboxylic acids is 1. The van der Waals surface area contributed by atoms with E-state index in [9.17, 15) is 4.79 Å². The van der Waals surface area contributed by atoms with Crippen molar-refractivity contribution in [3.8, 4) is 0 Å². The van der Waals surface area contributed by atoms with Crippen molar-refractivity contribution in [3.63, 3.8) is 0 Å². The fraction of sp³-hybridized carbons (Fsp3) is 0.462. The van der Waals surface area contributed by atoms with Crippen LogP contribution in [0.1, 0.15) is 10.4 Å². The molecule has 1 unspecified atom stereocenters. The highest BCUT2D eigenvalue weighted by molar-refractivity contribution is 6.68. The molecule has 0 aromatic heterocycles. The molecule has 1 saturated heterocycles. The molecule has 2 rings (SSSR count). The van der Waals surface area contributed by atoms with Crippen LogP contribution < -0.4 is 10.2 Å². The van der Waals surface area contributed by atoms with Gasteiger partial charge in [0, 0.05) is 0 Å². The minimum Gasteiger partial charge on any atom is -0.370 e. The number of benzene rings is 1. The summed E-state index contributed by atoms with van der Waals surface area (Å²) in [6, 6.07) is 6.75. The van der Waals surface area contributed by atoms with Crippen LogP contribution in [0.3, 0.4) is 0 Å². The summed E-state index contributed by atoms with van der Waals surface area (Å²) in [7, 11) is 0. The van der Waals surface area contributed by atoms with Crippen LogP contribution in [-0.4, -0.2) is 42.2 Å². The first kappa shape index (κ1) is 17.1. The Morgan fingerprint density at radius 1 is 1.24 bits per heavy atom. The predicted octanol–water partition coefficient (Wildman–Crippen LogP) is 1.68. The van der Waals surface area contributed by atoms with Gasteiger partial charge in [-0.1, -0.05) is 58.5 Å². The Morgan fingerprint density at radius 2 is 1.86 bits per heavy atom. The van der Waals surface area contributed by atoms with E-state index in [4.69, 9.17) is 51.1 Å². The molecule has 1 fully saturated rings. The van der Waals surface area contributed by atoms with Crippen molar-refractivity contribution in [1.29, 1.82) is 0 Å². The number of halogens is 4. The first-order valence-electron chi connectivity index (χ1n) is 6.44. The highest BCUT2D eigenvalue weighted by atomic mass is 35.6. The highest BCUT2D eigenvalue weighted by Crippen LogP contribution is 2.28. The van der Waals surface area contributed by atoms with Crippen molar-refractivity contribution < 1.29 is 14.4 Å². The van der Waals surface area contributed by atoms with Crippen molar-refractivity contribution in [2.45, 2.75) is 9.96 Å². The summed E-state index contributed by atoms with van der Waals surface area (Å²) in [5.41, 5.74) is 0.353. The third-order valence-electron chi connectivity index (χ3n) is 3.26. The molecular weight excluding hydrogens is 358 g/mol. The summed E-state index contributed by atoms with van der Waals surface area (Å²) in [5, 5.41) is 3.13. The van der Waals surface area contributed by atoms with Gasteiger partial charge < -0.3 is 9.64 Å². The molecule has 2 N–H and O–H groups in total. The van der Waals surface area contributed by atoms with Crippen LogP contribution in [0.4, 0.5) is 0 Å². The van der Waals surface area contributed by atoms with Gasteiger partial charge >= 0.3 is 0 Å². The van der Waals surface area contributed by atoms with E-state index in [2.05, 4.69) is 5.32 Å². The van der Waals surface area contributed by atoms with Crippen LogP contribution in [-0.2, 0) is 4.74 Å². The molecular formula is C13H15Cl4N2O2+. The molecule has 0 saturated carbocycles. The number of alkyl halides is 3. The van der Waals surface area contributed by atoms with Crippen molar-refractivity contribution in [3.05, 3.63) is 34.9 Å². The Balaban J connectivity index is 2.15. The van der Waals surface area contributed by atoms with E-state index >= 15 is 0 Å².